The maximum absolute atomic E-state index is 11.6. The van der Waals surface area contributed by atoms with Crippen LogP contribution in [0.1, 0.15) is 20.8 Å². The van der Waals surface area contributed by atoms with Crippen LogP contribution in [0.25, 0.3) is 0 Å². The summed E-state index contributed by atoms with van der Waals surface area (Å²) in [5.74, 6) is -0.426. The summed E-state index contributed by atoms with van der Waals surface area (Å²) >= 11 is 0. The lowest BCUT2D eigenvalue weighted by Gasteiger charge is -2.15. The Morgan fingerprint density at radius 3 is 2.35 bits per heavy atom. The summed E-state index contributed by atoms with van der Waals surface area (Å²) in [5.41, 5.74) is 6.14. The first-order valence-electron chi connectivity index (χ1n) is 6.36. The van der Waals surface area contributed by atoms with Gasteiger partial charge in [0.25, 0.3) is 5.91 Å². The lowest BCUT2D eigenvalue weighted by Crippen LogP contribution is -2.40. The molecule has 0 aliphatic carbocycles. The predicted molar refractivity (Wildman–Crippen MR) is 75.2 cm³/mol. The monoisotopic (exact) mass is 280 g/mol. The van der Waals surface area contributed by atoms with E-state index in [1.165, 1.54) is 6.92 Å². The highest BCUT2D eigenvalue weighted by Crippen LogP contribution is 2.12. The van der Waals surface area contributed by atoms with Gasteiger partial charge in [-0.25, -0.2) is 4.79 Å². The third kappa shape index (κ3) is 5.60. The Kier molecular flexibility index (Phi) is 5.83. The fourth-order valence-electron chi connectivity index (χ4n) is 1.39. The van der Waals surface area contributed by atoms with Crippen LogP contribution in [0.5, 0.6) is 5.75 Å². The Hall–Kier alpha value is -2.24. The summed E-state index contributed by atoms with van der Waals surface area (Å²) in [6.07, 6.45) is -0.847. The molecule has 3 N–H and O–H groups in total. The van der Waals surface area contributed by atoms with E-state index in [0.29, 0.717) is 11.4 Å². The SMILES string of the molecule is CC(C)NC(=O)C(C)OC(=O)COc1ccc(N)cc1. The average Bonchev–Trinajstić information content (AvgIpc) is 2.37. The highest BCUT2D eigenvalue weighted by Gasteiger charge is 2.18. The molecule has 1 unspecified atom stereocenters. The Morgan fingerprint density at radius 2 is 1.80 bits per heavy atom. The van der Waals surface area contributed by atoms with Gasteiger partial charge in [0.15, 0.2) is 12.7 Å². The number of nitrogen functional groups attached to an aromatic ring is 1. The standard InChI is InChI=1S/C14H20N2O4/c1-9(2)16-14(18)10(3)20-13(17)8-19-12-6-4-11(15)5-7-12/h4-7,9-10H,8,15H2,1-3H3,(H,16,18). The quantitative estimate of drug-likeness (QED) is 0.601. The molecule has 0 aromatic heterocycles. The van der Waals surface area contributed by atoms with Gasteiger partial charge in [-0.15, -0.1) is 0 Å². The first-order valence-corrected chi connectivity index (χ1v) is 6.36. The van der Waals surface area contributed by atoms with Gasteiger partial charge in [0.05, 0.1) is 0 Å². The van der Waals surface area contributed by atoms with Gasteiger partial charge in [-0.05, 0) is 45.0 Å². The molecule has 0 saturated heterocycles. The molecule has 0 bridgehead atoms. The number of nitrogens with one attached hydrogen (secondary N) is 1. The number of carbonyl (C=O) groups is 2. The van der Waals surface area contributed by atoms with E-state index in [0.717, 1.165) is 0 Å². The molecule has 0 spiro atoms. The summed E-state index contributed by atoms with van der Waals surface area (Å²) in [4.78, 5) is 23.1. The van der Waals surface area contributed by atoms with Crippen LogP contribution in [0.4, 0.5) is 5.69 Å². The van der Waals surface area contributed by atoms with E-state index in [4.69, 9.17) is 15.2 Å². The first kappa shape index (κ1) is 15.8. The largest absolute Gasteiger partial charge is 0.482 e. The van der Waals surface area contributed by atoms with Gasteiger partial charge in [0.1, 0.15) is 5.75 Å². The molecular weight excluding hydrogens is 260 g/mol. The summed E-state index contributed by atoms with van der Waals surface area (Å²) < 4.78 is 10.2. The summed E-state index contributed by atoms with van der Waals surface area (Å²) in [6, 6.07) is 6.63. The fraction of sp³-hybridized carbons (Fsp3) is 0.429. The molecule has 1 rings (SSSR count). The molecule has 20 heavy (non-hydrogen) atoms. The van der Waals surface area contributed by atoms with Crippen molar-refractivity contribution in [1.82, 2.24) is 5.32 Å². The molecule has 6 nitrogen and oxygen atoms in total. The van der Waals surface area contributed by atoms with Crippen LogP contribution < -0.4 is 15.8 Å². The number of esters is 1. The van der Waals surface area contributed by atoms with Crippen molar-refractivity contribution in [3.63, 3.8) is 0 Å². The molecule has 110 valence electrons. The van der Waals surface area contributed by atoms with Crippen molar-refractivity contribution in [1.29, 1.82) is 0 Å². The molecular formula is C14H20N2O4. The van der Waals surface area contributed by atoms with E-state index in [1.807, 2.05) is 13.8 Å². The highest BCUT2D eigenvalue weighted by molar-refractivity contribution is 5.83. The van der Waals surface area contributed by atoms with Crippen molar-refractivity contribution in [2.75, 3.05) is 12.3 Å². The van der Waals surface area contributed by atoms with Crippen molar-refractivity contribution in [3.05, 3.63) is 24.3 Å². The highest BCUT2D eigenvalue weighted by atomic mass is 16.6. The van der Waals surface area contributed by atoms with Crippen molar-refractivity contribution in [3.8, 4) is 5.75 Å². The second kappa shape index (κ2) is 7.37. The second-order valence-corrected chi connectivity index (χ2v) is 4.65. The van der Waals surface area contributed by atoms with Crippen LogP contribution in [0.3, 0.4) is 0 Å². The van der Waals surface area contributed by atoms with Crippen LogP contribution in [-0.4, -0.2) is 30.6 Å². The van der Waals surface area contributed by atoms with Gasteiger partial charge < -0.3 is 20.5 Å². The minimum Gasteiger partial charge on any atom is -0.482 e. The number of nitrogens with two attached hydrogens (primary N) is 1. The molecule has 1 atom stereocenters. The molecule has 0 fully saturated rings. The van der Waals surface area contributed by atoms with Crippen molar-refractivity contribution in [2.24, 2.45) is 0 Å². The topological polar surface area (TPSA) is 90.6 Å². The first-order chi connectivity index (χ1) is 9.38. The molecule has 1 aromatic carbocycles. The third-order valence-electron chi connectivity index (χ3n) is 2.35. The number of hydrogen-bond acceptors (Lipinski definition) is 5. The molecule has 6 heteroatoms. The zero-order chi connectivity index (χ0) is 15.1. The van der Waals surface area contributed by atoms with Crippen molar-refractivity contribution in [2.45, 2.75) is 32.9 Å². The number of benzene rings is 1. The third-order valence-corrected chi connectivity index (χ3v) is 2.35. The van der Waals surface area contributed by atoms with E-state index >= 15 is 0 Å². The van der Waals surface area contributed by atoms with Gasteiger partial charge in [0, 0.05) is 11.7 Å². The van der Waals surface area contributed by atoms with Crippen LogP contribution in [-0.2, 0) is 14.3 Å². The number of amides is 1. The van der Waals surface area contributed by atoms with E-state index < -0.39 is 12.1 Å². The number of anilines is 1. The second-order valence-electron chi connectivity index (χ2n) is 4.65. The van der Waals surface area contributed by atoms with E-state index in [2.05, 4.69) is 5.32 Å². The number of carbonyl (C=O) groups excluding carboxylic acids is 2. The summed E-state index contributed by atoms with van der Waals surface area (Å²) in [6.45, 7) is 4.91. The fourth-order valence-corrected chi connectivity index (χ4v) is 1.39. The minimum absolute atomic E-state index is 0.00493. The Labute approximate surface area is 118 Å². The van der Waals surface area contributed by atoms with Crippen LogP contribution >= 0.6 is 0 Å². The minimum atomic E-state index is -0.847. The molecule has 1 aromatic rings. The van der Waals surface area contributed by atoms with Crippen molar-refractivity contribution < 1.29 is 19.1 Å². The maximum Gasteiger partial charge on any atom is 0.344 e. The van der Waals surface area contributed by atoms with Gasteiger partial charge in [-0.3, -0.25) is 4.79 Å². The molecule has 0 heterocycles. The maximum atomic E-state index is 11.6. The summed E-state index contributed by atoms with van der Waals surface area (Å²) in [7, 11) is 0. The van der Waals surface area contributed by atoms with Crippen LogP contribution in [0, 0.1) is 0 Å². The Morgan fingerprint density at radius 1 is 1.20 bits per heavy atom. The lowest BCUT2D eigenvalue weighted by atomic mass is 10.3. The van der Waals surface area contributed by atoms with Gasteiger partial charge in [-0.2, -0.15) is 0 Å². The smallest absolute Gasteiger partial charge is 0.344 e. The predicted octanol–water partition coefficient (Wildman–Crippen LogP) is 1.10. The lowest BCUT2D eigenvalue weighted by molar-refractivity contribution is -0.156. The van der Waals surface area contributed by atoms with E-state index in [1.54, 1.807) is 24.3 Å². The zero-order valence-corrected chi connectivity index (χ0v) is 11.9. The molecule has 0 aliphatic heterocycles. The Balaban J connectivity index is 2.36. The van der Waals surface area contributed by atoms with E-state index in [9.17, 15) is 9.59 Å². The van der Waals surface area contributed by atoms with Gasteiger partial charge in [-0.1, -0.05) is 0 Å². The molecule has 0 saturated carbocycles. The molecule has 0 radical (unpaired) electrons. The summed E-state index contributed by atoms with van der Waals surface area (Å²) in [5, 5.41) is 2.66. The number of ether oxygens (including phenoxy) is 2. The molecule has 0 aliphatic rings. The molecule has 1 amide bonds. The zero-order valence-electron chi connectivity index (χ0n) is 11.9. The van der Waals surface area contributed by atoms with Crippen LogP contribution in [0.2, 0.25) is 0 Å². The number of hydrogen-bond donors (Lipinski definition) is 2. The van der Waals surface area contributed by atoms with Crippen molar-refractivity contribution >= 4 is 17.6 Å². The normalized spacial score (nSPS) is 11.8. The number of rotatable bonds is 6. The Bertz CT molecular complexity index is 457. The van der Waals surface area contributed by atoms with Gasteiger partial charge in [0.2, 0.25) is 0 Å². The van der Waals surface area contributed by atoms with Crippen LogP contribution in [0.15, 0.2) is 24.3 Å². The van der Waals surface area contributed by atoms with Gasteiger partial charge >= 0.3 is 5.97 Å². The van der Waals surface area contributed by atoms with E-state index in [-0.39, 0.29) is 18.6 Å². The average molecular weight is 280 g/mol.